The Morgan fingerprint density at radius 3 is 2.67 bits per heavy atom. The number of nitrogens with one attached hydrogen (secondary N) is 1. The molecule has 0 fully saturated rings. The number of amides is 2. The molecule has 5 nitrogen and oxygen atoms in total. The second kappa shape index (κ2) is 8.19. The molecule has 0 aromatic heterocycles. The van der Waals surface area contributed by atoms with Gasteiger partial charge in [0, 0.05) is 13.1 Å². The fourth-order valence-electron chi connectivity index (χ4n) is 2.09. The Balaban J connectivity index is 1.87. The summed E-state index contributed by atoms with van der Waals surface area (Å²) < 4.78 is 23.9. The van der Waals surface area contributed by atoms with E-state index in [-0.39, 0.29) is 11.8 Å². The summed E-state index contributed by atoms with van der Waals surface area (Å²) in [7, 11) is 3.08. The van der Waals surface area contributed by atoms with Crippen molar-refractivity contribution in [3.05, 3.63) is 53.8 Å². The first-order chi connectivity index (χ1) is 11.5. The minimum absolute atomic E-state index is 0.271. The predicted octanol–water partition coefficient (Wildman–Crippen LogP) is 3.69. The van der Waals surface area contributed by atoms with Crippen molar-refractivity contribution in [1.82, 2.24) is 4.90 Å². The molecule has 2 rings (SSSR count). The molecule has 24 heavy (non-hydrogen) atoms. The van der Waals surface area contributed by atoms with Crippen LogP contribution in [0.3, 0.4) is 0 Å². The molecule has 2 aromatic carbocycles. The van der Waals surface area contributed by atoms with Crippen LogP contribution in [0.1, 0.15) is 5.56 Å². The largest absolute Gasteiger partial charge is 0.494 e. The molecule has 2 aromatic rings. The molecule has 0 heterocycles. The molecule has 0 radical (unpaired) electrons. The minimum Gasteiger partial charge on any atom is -0.494 e. The first kappa shape index (κ1) is 17.6. The van der Waals surface area contributed by atoms with Gasteiger partial charge in [0.2, 0.25) is 0 Å². The summed E-state index contributed by atoms with van der Waals surface area (Å²) in [6.07, 6.45) is 0. The van der Waals surface area contributed by atoms with Crippen LogP contribution >= 0.6 is 0 Å². The molecule has 0 aliphatic rings. The van der Waals surface area contributed by atoms with Gasteiger partial charge in [-0.05, 0) is 30.7 Å². The third-order valence-corrected chi connectivity index (χ3v) is 3.53. The zero-order chi connectivity index (χ0) is 17.5. The van der Waals surface area contributed by atoms with E-state index in [1.807, 2.05) is 31.2 Å². The second-order valence-corrected chi connectivity index (χ2v) is 5.31. The number of para-hydroxylation sites is 1. The molecular formula is C18H21FN2O3. The molecule has 0 aliphatic heterocycles. The fourth-order valence-corrected chi connectivity index (χ4v) is 2.09. The lowest BCUT2D eigenvalue weighted by molar-refractivity contribution is 0.207. The van der Waals surface area contributed by atoms with E-state index in [2.05, 4.69) is 5.32 Å². The van der Waals surface area contributed by atoms with Crippen LogP contribution in [-0.2, 0) is 0 Å². The highest BCUT2D eigenvalue weighted by Gasteiger charge is 2.12. The summed E-state index contributed by atoms with van der Waals surface area (Å²) in [5, 5.41) is 2.69. The van der Waals surface area contributed by atoms with E-state index >= 15 is 0 Å². The van der Waals surface area contributed by atoms with Crippen molar-refractivity contribution in [3.8, 4) is 11.5 Å². The van der Waals surface area contributed by atoms with Crippen molar-refractivity contribution in [2.45, 2.75) is 6.92 Å². The number of carbonyl (C=O) groups excluding carboxylic acids is 1. The van der Waals surface area contributed by atoms with Crippen molar-refractivity contribution in [2.24, 2.45) is 0 Å². The number of nitrogens with zero attached hydrogens (tertiary/aromatic N) is 1. The summed E-state index contributed by atoms with van der Waals surface area (Å²) in [5.74, 6) is 0.643. The van der Waals surface area contributed by atoms with Gasteiger partial charge in [-0.2, -0.15) is 0 Å². The molecule has 6 heteroatoms. The number of hydrogen-bond donors (Lipinski definition) is 1. The molecule has 0 atom stereocenters. The van der Waals surface area contributed by atoms with E-state index in [0.717, 1.165) is 11.3 Å². The molecule has 2 amide bonds. The van der Waals surface area contributed by atoms with Crippen molar-refractivity contribution in [1.29, 1.82) is 0 Å². The van der Waals surface area contributed by atoms with Crippen LogP contribution in [0.2, 0.25) is 0 Å². The smallest absolute Gasteiger partial charge is 0.321 e. The number of aryl methyl sites for hydroxylation is 1. The molecular weight excluding hydrogens is 311 g/mol. The molecule has 0 saturated carbocycles. The Kier molecular flexibility index (Phi) is 6.01. The number of hydrogen-bond acceptors (Lipinski definition) is 3. The number of halogens is 1. The number of methoxy groups -OCH3 is 1. The van der Waals surface area contributed by atoms with Gasteiger partial charge in [0.1, 0.15) is 23.9 Å². The maximum absolute atomic E-state index is 13.2. The number of urea groups is 1. The number of benzene rings is 2. The summed E-state index contributed by atoms with van der Waals surface area (Å²) in [4.78, 5) is 13.7. The summed E-state index contributed by atoms with van der Waals surface area (Å²) >= 11 is 0. The third kappa shape index (κ3) is 4.62. The van der Waals surface area contributed by atoms with E-state index in [0.29, 0.717) is 18.8 Å². The summed E-state index contributed by atoms with van der Waals surface area (Å²) in [5.41, 5.74) is 1.45. The Hall–Kier alpha value is -2.76. The van der Waals surface area contributed by atoms with Gasteiger partial charge < -0.3 is 19.7 Å². The predicted molar refractivity (Wildman–Crippen MR) is 91.3 cm³/mol. The highest BCUT2D eigenvalue weighted by Crippen LogP contribution is 2.25. The van der Waals surface area contributed by atoms with Crippen LogP contribution in [0, 0.1) is 12.7 Å². The van der Waals surface area contributed by atoms with Crippen LogP contribution in [0.5, 0.6) is 11.5 Å². The summed E-state index contributed by atoms with van der Waals surface area (Å²) in [6, 6.07) is 11.3. The van der Waals surface area contributed by atoms with E-state index in [1.165, 1.54) is 30.2 Å². The normalized spacial score (nSPS) is 10.2. The van der Waals surface area contributed by atoms with E-state index in [9.17, 15) is 9.18 Å². The Morgan fingerprint density at radius 1 is 1.21 bits per heavy atom. The molecule has 0 spiro atoms. The molecule has 0 saturated heterocycles. The maximum Gasteiger partial charge on any atom is 0.321 e. The standard InChI is InChI=1S/C18H21FN2O3/c1-13-6-4-5-7-16(13)24-11-10-21(2)18(22)20-15-9-8-14(19)12-17(15)23-3/h4-9,12H,10-11H2,1-3H3,(H,20,22). The van der Waals surface area contributed by atoms with Gasteiger partial charge in [0.05, 0.1) is 19.3 Å². The van der Waals surface area contributed by atoms with Crippen LogP contribution in [0.25, 0.3) is 0 Å². The Morgan fingerprint density at radius 2 is 1.96 bits per heavy atom. The van der Waals surface area contributed by atoms with Crippen molar-refractivity contribution >= 4 is 11.7 Å². The number of ether oxygens (including phenoxy) is 2. The molecule has 128 valence electrons. The van der Waals surface area contributed by atoms with Crippen LogP contribution < -0.4 is 14.8 Å². The fraction of sp³-hybridized carbons (Fsp3) is 0.278. The van der Waals surface area contributed by atoms with Crippen LogP contribution in [0.15, 0.2) is 42.5 Å². The lowest BCUT2D eigenvalue weighted by Crippen LogP contribution is -2.34. The van der Waals surface area contributed by atoms with E-state index in [1.54, 1.807) is 7.05 Å². The van der Waals surface area contributed by atoms with Crippen molar-refractivity contribution < 1.29 is 18.7 Å². The molecule has 0 bridgehead atoms. The molecule has 0 aliphatic carbocycles. The summed E-state index contributed by atoms with van der Waals surface area (Å²) in [6.45, 7) is 2.74. The topological polar surface area (TPSA) is 50.8 Å². The van der Waals surface area contributed by atoms with E-state index < -0.39 is 5.82 Å². The quantitative estimate of drug-likeness (QED) is 0.878. The van der Waals surface area contributed by atoms with Crippen LogP contribution in [-0.4, -0.2) is 38.2 Å². The van der Waals surface area contributed by atoms with Gasteiger partial charge in [0.25, 0.3) is 0 Å². The monoisotopic (exact) mass is 332 g/mol. The Bertz CT molecular complexity index is 706. The number of rotatable bonds is 6. The zero-order valence-electron chi connectivity index (χ0n) is 14.0. The Labute approximate surface area is 141 Å². The highest BCUT2D eigenvalue weighted by atomic mass is 19.1. The lowest BCUT2D eigenvalue weighted by Gasteiger charge is -2.19. The van der Waals surface area contributed by atoms with Gasteiger partial charge in [-0.15, -0.1) is 0 Å². The number of anilines is 1. The number of carbonyl (C=O) groups is 1. The number of likely N-dealkylation sites (N-methyl/N-ethyl adjacent to an activating group) is 1. The van der Waals surface area contributed by atoms with E-state index in [4.69, 9.17) is 9.47 Å². The maximum atomic E-state index is 13.2. The van der Waals surface area contributed by atoms with Gasteiger partial charge in [-0.1, -0.05) is 18.2 Å². The van der Waals surface area contributed by atoms with Gasteiger partial charge in [-0.3, -0.25) is 0 Å². The first-order valence-corrected chi connectivity index (χ1v) is 7.55. The first-order valence-electron chi connectivity index (χ1n) is 7.55. The third-order valence-electron chi connectivity index (χ3n) is 3.53. The van der Waals surface area contributed by atoms with Crippen molar-refractivity contribution in [3.63, 3.8) is 0 Å². The molecule has 1 N–H and O–H groups in total. The van der Waals surface area contributed by atoms with Crippen molar-refractivity contribution in [2.75, 3.05) is 32.6 Å². The second-order valence-electron chi connectivity index (χ2n) is 5.31. The van der Waals surface area contributed by atoms with Gasteiger partial charge >= 0.3 is 6.03 Å². The lowest BCUT2D eigenvalue weighted by atomic mass is 10.2. The average Bonchev–Trinajstić information content (AvgIpc) is 2.57. The van der Waals surface area contributed by atoms with Crippen LogP contribution in [0.4, 0.5) is 14.9 Å². The average molecular weight is 332 g/mol. The van der Waals surface area contributed by atoms with Gasteiger partial charge in [-0.25, -0.2) is 9.18 Å². The molecule has 0 unspecified atom stereocenters. The SMILES string of the molecule is COc1cc(F)ccc1NC(=O)N(C)CCOc1ccccc1C. The minimum atomic E-state index is -0.426. The highest BCUT2D eigenvalue weighted by molar-refractivity contribution is 5.90. The zero-order valence-corrected chi connectivity index (χ0v) is 14.0. The van der Waals surface area contributed by atoms with Gasteiger partial charge in [0.15, 0.2) is 0 Å².